The molecule has 22 heavy (non-hydrogen) atoms. The average molecular weight is 309 g/mol. The molecule has 3 aromatic rings. The Labute approximate surface area is 135 Å². The number of hydrogen-bond acceptors (Lipinski definition) is 2. The molecule has 0 spiro atoms. The summed E-state index contributed by atoms with van der Waals surface area (Å²) in [4.78, 5) is 15.6. The lowest BCUT2D eigenvalue weighted by molar-refractivity contribution is -0.129. The van der Waals surface area contributed by atoms with Crippen LogP contribution in [0.5, 0.6) is 0 Å². The minimum atomic E-state index is 0.157. The second-order valence-electron chi connectivity index (χ2n) is 5.59. The summed E-state index contributed by atoms with van der Waals surface area (Å²) in [6.07, 6.45) is 0.447. The van der Waals surface area contributed by atoms with Crippen molar-refractivity contribution in [3.63, 3.8) is 0 Å². The first kappa shape index (κ1) is 14.8. The summed E-state index contributed by atoms with van der Waals surface area (Å²) in [6, 6.07) is 16.5. The van der Waals surface area contributed by atoms with E-state index < -0.39 is 0 Å². The van der Waals surface area contributed by atoms with Gasteiger partial charge in [0.2, 0.25) is 5.91 Å². The zero-order chi connectivity index (χ0) is 15.5. The summed E-state index contributed by atoms with van der Waals surface area (Å²) in [5.74, 6) is 0.157. The van der Waals surface area contributed by atoms with Crippen molar-refractivity contribution in [2.45, 2.75) is 19.9 Å². The third-order valence-electron chi connectivity index (χ3n) is 4.00. The number of likely N-dealkylation sites (N-methyl/N-ethyl adjacent to an activating group) is 1. The van der Waals surface area contributed by atoms with Crippen LogP contribution < -0.4 is 0 Å². The topological polar surface area (TPSA) is 20.3 Å². The Hall–Kier alpha value is -2.13. The van der Waals surface area contributed by atoms with Gasteiger partial charge in [-0.1, -0.05) is 42.5 Å². The van der Waals surface area contributed by atoms with E-state index in [0.717, 1.165) is 5.56 Å². The van der Waals surface area contributed by atoms with Gasteiger partial charge < -0.3 is 4.90 Å². The van der Waals surface area contributed by atoms with E-state index >= 15 is 0 Å². The van der Waals surface area contributed by atoms with E-state index in [1.807, 2.05) is 36.2 Å². The number of benzene rings is 2. The van der Waals surface area contributed by atoms with Gasteiger partial charge in [-0.05, 0) is 40.3 Å². The fourth-order valence-electron chi connectivity index (χ4n) is 2.61. The Morgan fingerprint density at radius 1 is 1.09 bits per heavy atom. The Bertz CT molecular complexity index is 801. The molecule has 0 radical (unpaired) electrons. The van der Waals surface area contributed by atoms with Gasteiger partial charge in [-0.25, -0.2) is 0 Å². The number of fused-ring (bicyclic) bond motifs is 1. The van der Waals surface area contributed by atoms with Crippen LogP contribution in [0, 0.1) is 6.92 Å². The molecule has 0 bridgehead atoms. The maximum absolute atomic E-state index is 12.5. The van der Waals surface area contributed by atoms with Gasteiger partial charge in [0.15, 0.2) is 0 Å². The van der Waals surface area contributed by atoms with Gasteiger partial charge in [0, 0.05) is 11.9 Å². The van der Waals surface area contributed by atoms with Crippen LogP contribution in [-0.2, 0) is 17.8 Å². The normalized spacial score (nSPS) is 10.8. The summed E-state index contributed by atoms with van der Waals surface area (Å²) < 4.78 is 0. The van der Waals surface area contributed by atoms with Gasteiger partial charge in [0.05, 0.1) is 13.0 Å². The van der Waals surface area contributed by atoms with Crippen LogP contribution >= 0.6 is 11.3 Å². The number of rotatable bonds is 4. The van der Waals surface area contributed by atoms with Gasteiger partial charge in [-0.15, -0.1) is 11.3 Å². The molecule has 2 aromatic carbocycles. The minimum Gasteiger partial charge on any atom is -0.340 e. The highest BCUT2D eigenvalue weighted by Crippen LogP contribution is 2.21. The molecule has 3 heteroatoms. The molecule has 1 heterocycles. The average Bonchev–Trinajstić information content (AvgIpc) is 2.93. The van der Waals surface area contributed by atoms with Crippen molar-refractivity contribution >= 4 is 28.0 Å². The Morgan fingerprint density at radius 3 is 2.64 bits per heavy atom. The van der Waals surface area contributed by atoms with E-state index in [-0.39, 0.29) is 5.91 Å². The summed E-state index contributed by atoms with van der Waals surface area (Å²) in [7, 11) is 1.88. The molecule has 0 aliphatic carbocycles. The molecular formula is C19H19NOS. The van der Waals surface area contributed by atoms with Gasteiger partial charge in [-0.3, -0.25) is 4.79 Å². The van der Waals surface area contributed by atoms with Crippen LogP contribution in [0.3, 0.4) is 0 Å². The van der Waals surface area contributed by atoms with Crippen LogP contribution in [0.25, 0.3) is 10.8 Å². The molecular weight excluding hydrogens is 290 g/mol. The number of aryl methyl sites for hydroxylation is 1. The maximum Gasteiger partial charge on any atom is 0.227 e. The van der Waals surface area contributed by atoms with Crippen LogP contribution in [-0.4, -0.2) is 17.9 Å². The molecule has 3 rings (SSSR count). The van der Waals surface area contributed by atoms with Gasteiger partial charge in [0.1, 0.15) is 0 Å². The molecule has 0 aliphatic rings. The minimum absolute atomic E-state index is 0.157. The highest BCUT2D eigenvalue weighted by atomic mass is 32.1. The van der Waals surface area contributed by atoms with Crippen molar-refractivity contribution in [2.24, 2.45) is 0 Å². The summed E-state index contributed by atoms with van der Waals surface area (Å²) in [5, 5.41) is 4.43. The summed E-state index contributed by atoms with van der Waals surface area (Å²) in [6.45, 7) is 2.78. The van der Waals surface area contributed by atoms with E-state index in [0.29, 0.717) is 13.0 Å². The molecule has 0 fully saturated rings. The first-order valence-corrected chi connectivity index (χ1v) is 8.26. The molecule has 0 saturated carbocycles. The summed E-state index contributed by atoms with van der Waals surface area (Å²) >= 11 is 1.71. The Morgan fingerprint density at radius 2 is 1.86 bits per heavy atom. The number of nitrogens with zero attached hydrogens (tertiary/aromatic N) is 1. The van der Waals surface area contributed by atoms with E-state index in [1.54, 1.807) is 11.3 Å². The molecule has 0 saturated heterocycles. The second-order valence-corrected chi connectivity index (χ2v) is 6.59. The SMILES string of the molecule is Cc1ccsc1CN(C)C(=O)Cc1cccc2ccccc12. The van der Waals surface area contributed by atoms with Crippen molar-refractivity contribution in [3.05, 3.63) is 69.9 Å². The fraction of sp³-hybridized carbons (Fsp3) is 0.211. The lowest BCUT2D eigenvalue weighted by Gasteiger charge is -2.17. The molecule has 0 unspecified atom stereocenters. The van der Waals surface area contributed by atoms with E-state index in [1.165, 1.54) is 21.2 Å². The van der Waals surface area contributed by atoms with Crippen molar-refractivity contribution in [1.29, 1.82) is 0 Å². The monoisotopic (exact) mass is 309 g/mol. The van der Waals surface area contributed by atoms with Crippen LogP contribution in [0.1, 0.15) is 16.0 Å². The number of amides is 1. The molecule has 112 valence electrons. The maximum atomic E-state index is 12.5. The first-order valence-electron chi connectivity index (χ1n) is 7.39. The number of carbonyl (C=O) groups excluding carboxylic acids is 1. The molecule has 0 aliphatic heterocycles. The molecule has 1 amide bonds. The number of hydrogen-bond donors (Lipinski definition) is 0. The third-order valence-corrected chi connectivity index (χ3v) is 5.00. The molecule has 0 atom stereocenters. The highest BCUT2D eigenvalue weighted by Gasteiger charge is 2.13. The van der Waals surface area contributed by atoms with Crippen molar-refractivity contribution in [3.8, 4) is 0 Å². The van der Waals surface area contributed by atoms with Gasteiger partial charge in [-0.2, -0.15) is 0 Å². The molecule has 1 aromatic heterocycles. The quantitative estimate of drug-likeness (QED) is 0.699. The zero-order valence-electron chi connectivity index (χ0n) is 12.9. The van der Waals surface area contributed by atoms with E-state index in [4.69, 9.17) is 0 Å². The second kappa shape index (κ2) is 6.32. The van der Waals surface area contributed by atoms with Crippen LogP contribution in [0.2, 0.25) is 0 Å². The zero-order valence-corrected chi connectivity index (χ0v) is 13.7. The smallest absolute Gasteiger partial charge is 0.227 e. The molecule has 2 nitrogen and oxygen atoms in total. The summed E-state index contributed by atoms with van der Waals surface area (Å²) in [5.41, 5.74) is 2.35. The lowest BCUT2D eigenvalue weighted by Crippen LogP contribution is -2.27. The largest absolute Gasteiger partial charge is 0.340 e. The standard InChI is InChI=1S/C19H19NOS/c1-14-10-11-22-18(14)13-20(2)19(21)12-16-8-5-7-15-6-3-4-9-17(15)16/h3-11H,12-13H2,1-2H3. The van der Waals surface area contributed by atoms with Crippen molar-refractivity contribution in [1.82, 2.24) is 4.90 Å². The Kier molecular flexibility index (Phi) is 4.25. The van der Waals surface area contributed by atoms with Crippen molar-refractivity contribution in [2.75, 3.05) is 7.05 Å². The first-order chi connectivity index (χ1) is 10.6. The number of thiophene rings is 1. The van der Waals surface area contributed by atoms with Crippen molar-refractivity contribution < 1.29 is 4.79 Å². The number of carbonyl (C=O) groups is 1. The predicted octanol–water partition coefficient (Wildman–Crippen LogP) is 4.41. The predicted molar refractivity (Wildman–Crippen MR) is 93.2 cm³/mol. The van der Waals surface area contributed by atoms with E-state index in [9.17, 15) is 4.79 Å². The lowest BCUT2D eigenvalue weighted by atomic mass is 10.0. The van der Waals surface area contributed by atoms with Crippen LogP contribution in [0.15, 0.2) is 53.9 Å². The van der Waals surface area contributed by atoms with E-state index in [2.05, 4.69) is 36.6 Å². The highest BCUT2D eigenvalue weighted by molar-refractivity contribution is 7.10. The molecule has 0 N–H and O–H groups in total. The Balaban J connectivity index is 1.77. The van der Waals surface area contributed by atoms with Gasteiger partial charge >= 0.3 is 0 Å². The van der Waals surface area contributed by atoms with Crippen LogP contribution in [0.4, 0.5) is 0 Å². The third kappa shape index (κ3) is 3.04. The fourth-order valence-corrected chi connectivity index (χ4v) is 3.57. The van der Waals surface area contributed by atoms with Gasteiger partial charge in [0.25, 0.3) is 0 Å².